The zero-order chi connectivity index (χ0) is 24.3. The van der Waals surface area contributed by atoms with Gasteiger partial charge in [0.25, 0.3) is 17.0 Å². The molecule has 0 aliphatic heterocycles. The van der Waals surface area contributed by atoms with Gasteiger partial charge in [0, 0.05) is 18.5 Å². The first-order valence-electron chi connectivity index (χ1n) is 11.1. The van der Waals surface area contributed by atoms with E-state index in [2.05, 4.69) is 15.3 Å². The smallest absolute Gasteiger partial charge is 0.303 e. The Morgan fingerprint density at radius 3 is 1.91 bits per heavy atom. The molecule has 1 amide bonds. The highest BCUT2D eigenvalue weighted by Gasteiger charge is 2.05. The molecule has 8 heteroatoms. The second-order valence-electron chi connectivity index (χ2n) is 7.87. The van der Waals surface area contributed by atoms with Crippen LogP contribution in [0.25, 0.3) is 12.2 Å². The number of carbonyl (C=O) groups is 2. The Balaban J connectivity index is 1.62. The van der Waals surface area contributed by atoms with Crippen LogP contribution in [0.15, 0.2) is 64.2 Å². The first kappa shape index (κ1) is 24.4. The summed E-state index contributed by atoms with van der Waals surface area (Å²) in [5, 5.41) is 11.7. The third kappa shape index (κ3) is 7.44. The molecule has 0 radical (unpaired) electrons. The van der Waals surface area contributed by atoms with Crippen LogP contribution in [0.5, 0.6) is 0 Å². The monoisotopic (exact) mass is 461 g/mol. The normalized spacial score (nSPS) is 12.0. The number of rotatable bonds is 10. The molecule has 0 bridgehead atoms. The van der Waals surface area contributed by atoms with E-state index in [1.165, 1.54) is 0 Å². The van der Waals surface area contributed by atoms with Gasteiger partial charge in [-0.2, -0.15) is 0 Å². The molecule has 0 spiro atoms. The van der Waals surface area contributed by atoms with Crippen molar-refractivity contribution in [3.63, 3.8) is 0 Å². The molecule has 0 atom stereocenters. The van der Waals surface area contributed by atoms with E-state index in [9.17, 15) is 19.2 Å². The number of carbonyl (C=O) groups excluding carboxylic acids is 1. The van der Waals surface area contributed by atoms with Crippen LogP contribution in [0, 0.1) is 0 Å². The van der Waals surface area contributed by atoms with Crippen LogP contribution in [0.4, 0.5) is 0 Å². The van der Waals surface area contributed by atoms with Crippen molar-refractivity contribution < 1.29 is 14.7 Å². The fraction of sp³-hybridized carbons (Fsp3) is 0.231. The van der Waals surface area contributed by atoms with Crippen LogP contribution in [0.1, 0.15) is 53.6 Å². The average molecular weight is 462 g/mol. The van der Waals surface area contributed by atoms with Crippen molar-refractivity contribution in [2.45, 2.75) is 32.1 Å². The van der Waals surface area contributed by atoms with E-state index >= 15 is 0 Å². The molecular weight excluding hydrogens is 434 g/mol. The molecular formula is C26H27N3O5. The third-order valence-corrected chi connectivity index (χ3v) is 5.18. The van der Waals surface area contributed by atoms with Crippen molar-refractivity contribution in [2.24, 2.45) is 0 Å². The highest BCUT2D eigenvalue weighted by molar-refractivity contribution is 5.94. The Morgan fingerprint density at radius 2 is 1.32 bits per heavy atom. The Labute approximate surface area is 195 Å². The SMILES string of the molecule is O=C(O)CCCCCCNC(=O)c1ccc(/C=c2\[nH]c(=O)/c(=C/c3ccccc3)[nH]c2=O)cc1. The summed E-state index contributed by atoms with van der Waals surface area (Å²) in [4.78, 5) is 52.8. The molecule has 8 nitrogen and oxygen atoms in total. The maximum Gasteiger partial charge on any atom is 0.303 e. The van der Waals surface area contributed by atoms with Gasteiger partial charge in [-0.1, -0.05) is 55.3 Å². The van der Waals surface area contributed by atoms with Gasteiger partial charge >= 0.3 is 5.97 Å². The molecule has 2 aromatic carbocycles. The minimum Gasteiger partial charge on any atom is -0.481 e. The summed E-state index contributed by atoms with van der Waals surface area (Å²) in [5.41, 5.74) is 1.11. The molecule has 0 saturated carbocycles. The number of aliphatic carboxylic acids is 1. The lowest BCUT2D eigenvalue weighted by atomic mass is 10.1. The van der Waals surface area contributed by atoms with E-state index in [0.717, 1.165) is 24.8 Å². The van der Waals surface area contributed by atoms with Crippen molar-refractivity contribution in [3.8, 4) is 0 Å². The van der Waals surface area contributed by atoms with Crippen molar-refractivity contribution in [1.29, 1.82) is 0 Å². The highest BCUT2D eigenvalue weighted by Crippen LogP contribution is 2.06. The fourth-order valence-electron chi connectivity index (χ4n) is 3.37. The lowest BCUT2D eigenvalue weighted by molar-refractivity contribution is -0.137. The molecule has 0 fully saturated rings. The van der Waals surface area contributed by atoms with Gasteiger partial charge in [-0.05, 0) is 48.3 Å². The first-order chi connectivity index (χ1) is 16.4. The Kier molecular flexibility index (Phi) is 8.73. The zero-order valence-electron chi connectivity index (χ0n) is 18.7. The second kappa shape index (κ2) is 12.2. The predicted molar refractivity (Wildman–Crippen MR) is 130 cm³/mol. The van der Waals surface area contributed by atoms with E-state index < -0.39 is 17.1 Å². The molecule has 3 aromatic rings. The Morgan fingerprint density at radius 1 is 0.765 bits per heavy atom. The van der Waals surface area contributed by atoms with Crippen LogP contribution >= 0.6 is 0 Å². The number of unbranched alkanes of at least 4 members (excludes halogenated alkanes) is 3. The van der Waals surface area contributed by atoms with Gasteiger partial charge < -0.3 is 20.4 Å². The van der Waals surface area contributed by atoms with Gasteiger partial charge in [-0.25, -0.2) is 0 Å². The molecule has 3 rings (SSSR count). The largest absolute Gasteiger partial charge is 0.481 e. The molecule has 0 saturated heterocycles. The standard InChI is InChI=1S/C26H27N3O5/c30-23(31)10-6-1-2-7-15-27-24(32)20-13-11-19(12-14-20)17-22-26(34)28-21(25(33)29-22)16-18-8-4-3-5-9-18/h3-5,8-9,11-14,16-17H,1-2,6-7,10,15H2,(H,27,32)(H,28,34)(H,29,33)(H,30,31)/b21-16-,22-17-. The number of carboxylic acid groups (broad SMARTS) is 1. The lowest BCUT2D eigenvalue weighted by Gasteiger charge is -2.05. The molecule has 34 heavy (non-hydrogen) atoms. The number of carboxylic acids is 1. The van der Waals surface area contributed by atoms with Crippen molar-refractivity contribution >= 4 is 24.0 Å². The van der Waals surface area contributed by atoms with Gasteiger partial charge in [0.15, 0.2) is 0 Å². The summed E-state index contributed by atoms with van der Waals surface area (Å²) in [6.07, 6.45) is 6.42. The second-order valence-corrected chi connectivity index (χ2v) is 7.87. The third-order valence-electron chi connectivity index (χ3n) is 5.18. The summed E-state index contributed by atoms with van der Waals surface area (Å²) in [6.45, 7) is 0.517. The molecule has 0 aliphatic rings. The number of benzene rings is 2. The van der Waals surface area contributed by atoms with Crippen LogP contribution in [-0.2, 0) is 4.79 Å². The minimum absolute atomic E-state index is 0.121. The van der Waals surface area contributed by atoms with Gasteiger partial charge in [0.1, 0.15) is 10.7 Å². The van der Waals surface area contributed by atoms with Crippen LogP contribution in [0.3, 0.4) is 0 Å². The number of hydrogen-bond acceptors (Lipinski definition) is 4. The van der Waals surface area contributed by atoms with E-state index in [4.69, 9.17) is 5.11 Å². The van der Waals surface area contributed by atoms with Crippen molar-refractivity contribution in [2.75, 3.05) is 6.54 Å². The number of aromatic amines is 2. The molecule has 0 aliphatic carbocycles. The van der Waals surface area contributed by atoms with Gasteiger partial charge in [-0.15, -0.1) is 0 Å². The molecule has 1 aromatic heterocycles. The van der Waals surface area contributed by atoms with Crippen LogP contribution < -0.4 is 27.1 Å². The fourth-order valence-corrected chi connectivity index (χ4v) is 3.37. The summed E-state index contributed by atoms with van der Waals surface area (Å²) in [6, 6.07) is 15.9. The predicted octanol–water partition coefficient (Wildman–Crippen LogP) is 1.49. The van der Waals surface area contributed by atoms with Crippen molar-refractivity contribution in [1.82, 2.24) is 15.3 Å². The van der Waals surface area contributed by atoms with Crippen LogP contribution in [0.2, 0.25) is 0 Å². The number of aromatic nitrogens is 2. The maximum absolute atomic E-state index is 12.4. The zero-order valence-corrected chi connectivity index (χ0v) is 18.7. The Bertz CT molecular complexity index is 1360. The molecule has 4 N–H and O–H groups in total. The van der Waals surface area contributed by atoms with Gasteiger partial charge in [0.2, 0.25) is 0 Å². The average Bonchev–Trinajstić information content (AvgIpc) is 2.82. The number of nitrogens with one attached hydrogen (secondary N) is 3. The quantitative estimate of drug-likeness (QED) is 0.340. The summed E-state index contributed by atoms with van der Waals surface area (Å²) in [5.74, 6) is -0.993. The van der Waals surface area contributed by atoms with Crippen LogP contribution in [-0.4, -0.2) is 33.5 Å². The summed E-state index contributed by atoms with van der Waals surface area (Å²) in [7, 11) is 0. The highest BCUT2D eigenvalue weighted by atomic mass is 16.4. The van der Waals surface area contributed by atoms with Gasteiger partial charge in [-0.3, -0.25) is 19.2 Å². The molecule has 176 valence electrons. The van der Waals surface area contributed by atoms with E-state index in [1.807, 2.05) is 30.3 Å². The Hall–Kier alpha value is -4.20. The number of hydrogen-bond donors (Lipinski definition) is 4. The minimum atomic E-state index is -0.788. The first-order valence-corrected chi connectivity index (χ1v) is 11.1. The number of amides is 1. The van der Waals surface area contributed by atoms with E-state index in [-0.39, 0.29) is 23.0 Å². The topological polar surface area (TPSA) is 132 Å². The van der Waals surface area contributed by atoms with E-state index in [0.29, 0.717) is 24.1 Å². The molecule has 0 unspecified atom stereocenters. The lowest BCUT2D eigenvalue weighted by Crippen LogP contribution is -2.46. The van der Waals surface area contributed by atoms with Gasteiger partial charge in [0.05, 0.1) is 0 Å². The van der Waals surface area contributed by atoms with Crippen molar-refractivity contribution in [3.05, 3.63) is 103 Å². The summed E-state index contributed by atoms with van der Waals surface area (Å²) < 4.78 is 0. The summed E-state index contributed by atoms with van der Waals surface area (Å²) >= 11 is 0. The maximum atomic E-state index is 12.4. The van der Waals surface area contributed by atoms with E-state index in [1.54, 1.807) is 36.4 Å². The molecule has 1 heterocycles. The number of H-pyrrole nitrogens is 2.